The van der Waals surface area contributed by atoms with Crippen molar-refractivity contribution in [1.29, 1.82) is 0 Å². The molecule has 2 rings (SSSR count). The molecule has 23 heavy (non-hydrogen) atoms. The lowest BCUT2D eigenvalue weighted by atomic mass is 10.1. The number of ether oxygens (including phenoxy) is 1. The Morgan fingerprint density at radius 1 is 1.35 bits per heavy atom. The van der Waals surface area contributed by atoms with E-state index >= 15 is 0 Å². The first-order chi connectivity index (χ1) is 10.7. The van der Waals surface area contributed by atoms with E-state index in [0.29, 0.717) is 18.6 Å². The quantitative estimate of drug-likeness (QED) is 0.893. The highest BCUT2D eigenvalue weighted by Gasteiger charge is 2.23. The van der Waals surface area contributed by atoms with Crippen molar-refractivity contribution < 1.29 is 9.53 Å². The van der Waals surface area contributed by atoms with Crippen LogP contribution in [-0.4, -0.2) is 35.7 Å². The van der Waals surface area contributed by atoms with Crippen LogP contribution in [0.1, 0.15) is 45.6 Å². The molecule has 1 fully saturated rings. The number of carbonyl (C=O) groups is 1. The Morgan fingerprint density at radius 3 is 2.65 bits per heavy atom. The number of hydrogen-bond acceptors (Lipinski definition) is 4. The summed E-state index contributed by atoms with van der Waals surface area (Å²) in [5.74, 6) is 0. The molecule has 0 bridgehead atoms. The van der Waals surface area contributed by atoms with E-state index in [1.54, 1.807) is 11.9 Å². The van der Waals surface area contributed by atoms with Gasteiger partial charge in [0.15, 0.2) is 0 Å². The normalized spacial score (nSPS) is 21.1. The van der Waals surface area contributed by atoms with Gasteiger partial charge in [-0.05, 0) is 51.7 Å². The van der Waals surface area contributed by atoms with Gasteiger partial charge in [-0.1, -0.05) is 18.2 Å². The van der Waals surface area contributed by atoms with Crippen molar-refractivity contribution in [1.82, 2.24) is 4.90 Å². The molecule has 0 spiro atoms. The number of benzene rings is 1. The molecule has 2 unspecified atom stereocenters. The third-order valence-corrected chi connectivity index (χ3v) is 3.96. The van der Waals surface area contributed by atoms with E-state index in [1.165, 1.54) is 0 Å². The van der Waals surface area contributed by atoms with Crippen molar-refractivity contribution in [3.63, 3.8) is 0 Å². The summed E-state index contributed by atoms with van der Waals surface area (Å²) >= 11 is 0. The van der Waals surface area contributed by atoms with E-state index in [0.717, 1.165) is 30.5 Å². The summed E-state index contributed by atoms with van der Waals surface area (Å²) in [5.41, 5.74) is 7.66. The smallest absolute Gasteiger partial charge is 0.410 e. The lowest BCUT2D eigenvalue weighted by Crippen LogP contribution is -2.34. The Bertz CT molecular complexity index is 539. The first-order valence-corrected chi connectivity index (χ1v) is 8.29. The average molecular weight is 319 g/mol. The third-order valence-electron chi connectivity index (χ3n) is 3.96. The van der Waals surface area contributed by atoms with E-state index in [-0.39, 0.29) is 6.09 Å². The van der Waals surface area contributed by atoms with Crippen molar-refractivity contribution in [2.75, 3.05) is 12.4 Å². The number of para-hydroxylation sites is 1. The Morgan fingerprint density at radius 2 is 2.04 bits per heavy atom. The summed E-state index contributed by atoms with van der Waals surface area (Å²) in [7, 11) is 1.76. The number of hydrogen-bond donors (Lipinski definition) is 2. The van der Waals surface area contributed by atoms with E-state index in [1.807, 2.05) is 39.0 Å². The standard InChI is InChI=1S/C18H29N3O2/c1-18(2,3)23-17(22)21(4)12-13-7-5-6-8-16(13)20-15-10-9-14(19)11-15/h5-8,14-15,20H,9-12,19H2,1-4H3. The fourth-order valence-electron chi connectivity index (χ4n) is 2.83. The van der Waals surface area contributed by atoms with Crippen molar-refractivity contribution in [2.45, 2.75) is 64.3 Å². The highest BCUT2D eigenvalue weighted by molar-refractivity contribution is 5.68. The molecule has 0 aliphatic heterocycles. The monoisotopic (exact) mass is 319 g/mol. The Hall–Kier alpha value is -1.75. The van der Waals surface area contributed by atoms with E-state index in [2.05, 4.69) is 11.4 Å². The van der Waals surface area contributed by atoms with Gasteiger partial charge >= 0.3 is 6.09 Å². The first-order valence-electron chi connectivity index (χ1n) is 8.29. The summed E-state index contributed by atoms with van der Waals surface area (Å²) in [6.07, 6.45) is 2.85. The molecule has 5 heteroatoms. The van der Waals surface area contributed by atoms with Crippen LogP contribution >= 0.6 is 0 Å². The Kier molecular flexibility index (Phi) is 5.52. The molecule has 1 amide bonds. The number of anilines is 1. The lowest BCUT2D eigenvalue weighted by molar-refractivity contribution is 0.0285. The molecule has 128 valence electrons. The minimum atomic E-state index is -0.483. The fourth-order valence-corrected chi connectivity index (χ4v) is 2.83. The van der Waals surface area contributed by atoms with Gasteiger partial charge in [-0.2, -0.15) is 0 Å². The maximum Gasteiger partial charge on any atom is 0.410 e. The molecule has 5 nitrogen and oxygen atoms in total. The van der Waals surface area contributed by atoms with Crippen molar-refractivity contribution in [3.8, 4) is 0 Å². The van der Waals surface area contributed by atoms with Crippen molar-refractivity contribution in [3.05, 3.63) is 29.8 Å². The van der Waals surface area contributed by atoms with Gasteiger partial charge < -0.3 is 20.7 Å². The van der Waals surface area contributed by atoms with Crippen LogP contribution in [0.3, 0.4) is 0 Å². The van der Waals surface area contributed by atoms with Crippen LogP contribution in [0.2, 0.25) is 0 Å². The molecule has 1 aromatic rings. The average Bonchev–Trinajstić information content (AvgIpc) is 2.84. The minimum Gasteiger partial charge on any atom is -0.444 e. The second-order valence-corrected chi connectivity index (χ2v) is 7.41. The van der Waals surface area contributed by atoms with Gasteiger partial charge in [-0.25, -0.2) is 4.79 Å². The van der Waals surface area contributed by atoms with E-state index in [9.17, 15) is 4.79 Å². The minimum absolute atomic E-state index is 0.295. The molecule has 1 aliphatic rings. The van der Waals surface area contributed by atoms with Gasteiger partial charge in [0.25, 0.3) is 0 Å². The molecule has 0 radical (unpaired) electrons. The predicted octanol–water partition coefficient (Wildman–Crippen LogP) is 3.35. The van der Waals surface area contributed by atoms with Crippen LogP contribution in [0.15, 0.2) is 24.3 Å². The molecule has 0 saturated heterocycles. The molecule has 1 aliphatic carbocycles. The van der Waals surface area contributed by atoms with Crippen LogP contribution in [0, 0.1) is 0 Å². The molecule has 3 N–H and O–H groups in total. The summed E-state index contributed by atoms with van der Waals surface area (Å²) in [6.45, 7) is 6.13. The van der Waals surface area contributed by atoms with E-state index < -0.39 is 5.60 Å². The second kappa shape index (κ2) is 7.21. The van der Waals surface area contributed by atoms with Crippen LogP contribution in [0.4, 0.5) is 10.5 Å². The van der Waals surface area contributed by atoms with Gasteiger partial charge in [0.1, 0.15) is 5.60 Å². The van der Waals surface area contributed by atoms with E-state index in [4.69, 9.17) is 10.5 Å². The zero-order valence-electron chi connectivity index (χ0n) is 14.6. The SMILES string of the molecule is CN(Cc1ccccc1NC1CCC(N)C1)C(=O)OC(C)(C)C. The van der Waals surface area contributed by atoms with Crippen LogP contribution in [0.5, 0.6) is 0 Å². The number of nitrogens with zero attached hydrogens (tertiary/aromatic N) is 1. The molecule has 0 heterocycles. The number of amides is 1. The van der Waals surface area contributed by atoms with Crippen molar-refractivity contribution >= 4 is 11.8 Å². The largest absolute Gasteiger partial charge is 0.444 e. The predicted molar refractivity (Wildman–Crippen MR) is 93.4 cm³/mol. The Balaban J connectivity index is 2.01. The topological polar surface area (TPSA) is 67.6 Å². The zero-order valence-corrected chi connectivity index (χ0v) is 14.6. The summed E-state index contributed by atoms with van der Waals surface area (Å²) in [4.78, 5) is 13.7. The van der Waals surface area contributed by atoms with Crippen LogP contribution in [-0.2, 0) is 11.3 Å². The zero-order chi connectivity index (χ0) is 17.0. The van der Waals surface area contributed by atoms with Crippen LogP contribution < -0.4 is 11.1 Å². The summed E-state index contributed by atoms with van der Waals surface area (Å²) < 4.78 is 5.41. The molecule has 1 aromatic carbocycles. The van der Waals surface area contributed by atoms with Gasteiger partial charge in [-0.3, -0.25) is 0 Å². The van der Waals surface area contributed by atoms with Crippen molar-refractivity contribution in [2.24, 2.45) is 5.73 Å². The lowest BCUT2D eigenvalue weighted by Gasteiger charge is -2.26. The van der Waals surface area contributed by atoms with Crippen LogP contribution in [0.25, 0.3) is 0 Å². The number of nitrogens with one attached hydrogen (secondary N) is 1. The summed E-state index contributed by atoms with van der Waals surface area (Å²) in [6, 6.07) is 8.81. The molecular weight excluding hydrogens is 290 g/mol. The number of carbonyl (C=O) groups excluding carboxylic acids is 1. The second-order valence-electron chi connectivity index (χ2n) is 7.41. The number of nitrogens with two attached hydrogens (primary N) is 1. The van der Waals surface area contributed by atoms with Gasteiger partial charge in [0.05, 0.1) is 6.54 Å². The Labute approximate surface area is 139 Å². The van der Waals surface area contributed by atoms with Gasteiger partial charge in [0, 0.05) is 24.8 Å². The third kappa shape index (κ3) is 5.43. The van der Waals surface area contributed by atoms with Gasteiger partial charge in [-0.15, -0.1) is 0 Å². The fraction of sp³-hybridized carbons (Fsp3) is 0.611. The maximum absolute atomic E-state index is 12.1. The van der Waals surface area contributed by atoms with Gasteiger partial charge in [0.2, 0.25) is 0 Å². The molecule has 1 saturated carbocycles. The molecular formula is C18H29N3O2. The molecule has 2 atom stereocenters. The molecule has 0 aromatic heterocycles. The number of rotatable bonds is 4. The first kappa shape index (κ1) is 17.6. The highest BCUT2D eigenvalue weighted by Crippen LogP contribution is 2.25. The maximum atomic E-state index is 12.1. The summed E-state index contributed by atoms with van der Waals surface area (Å²) in [5, 5.41) is 3.57. The highest BCUT2D eigenvalue weighted by atomic mass is 16.6.